The van der Waals surface area contributed by atoms with Crippen LogP contribution in [-0.4, -0.2) is 13.1 Å². The van der Waals surface area contributed by atoms with Crippen molar-refractivity contribution in [1.82, 2.24) is 5.43 Å². The van der Waals surface area contributed by atoms with Gasteiger partial charge < -0.3 is 0 Å². The highest BCUT2D eigenvalue weighted by molar-refractivity contribution is 5.90. The Morgan fingerprint density at radius 3 is 2.12 bits per heavy atom. The van der Waals surface area contributed by atoms with Crippen molar-refractivity contribution in [2.45, 2.75) is 26.2 Å². The number of hydrogen-bond acceptors (Lipinski definition) is 2. The minimum Gasteiger partial charge on any atom is -0.296 e. The minimum absolute atomic E-state index is 0.118. The Hall–Kier alpha value is -1.55. The van der Waals surface area contributed by atoms with Gasteiger partial charge >= 0.3 is 6.03 Å². The topological polar surface area (TPSA) is 58.4 Å². The third-order valence-corrected chi connectivity index (χ3v) is 2.55. The molecule has 88 valence electrons. The highest BCUT2D eigenvalue weighted by atomic mass is 16.2. The summed E-state index contributed by atoms with van der Waals surface area (Å²) in [6, 6.07) is 7.54. The van der Waals surface area contributed by atoms with Crippen LogP contribution in [0, 0.1) is 0 Å². The van der Waals surface area contributed by atoms with E-state index in [4.69, 9.17) is 5.84 Å². The monoisotopic (exact) mass is 221 g/mol. The van der Waals surface area contributed by atoms with Gasteiger partial charge in [-0.2, -0.15) is 0 Å². The van der Waals surface area contributed by atoms with E-state index in [0.717, 1.165) is 5.69 Å². The Balaban J connectivity index is 2.91. The summed E-state index contributed by atoms with van der Waals surface area (Å²) in [6.07, 6.45) is 0. The lowest BCUT2D eigenvalue weighted by Gasteiger charge is -2.21. The summed E-state index contributed by atoms with van der Waals surface area (Å²) in [5.41, 5.74) is 4.26. The van der Waals surface area contributed by atoms with Gasteiger partial charge in [-0.3, -0.25) is 10.3 Å². The van der Waals surface area contributed by atoms with Crippen molar-refractivity contribution >= 4 is 11.7 Å². The van der Waals surface area contributed by atoms with E-state index < -0.39 is 0 Å². The van der Waals surface area contributed by atoms with E-state index >= 15 is 0 Å². The molecule has 4 heteroatoms. The first kappa shape index (κ1) is 12.5. The van der Waals surface area contributed by atoms with Gasteiger partial charge in [0.05, 0.1) is 0 Å². The number of hydrazine groups is 1. The molecule has 1 aromatic rings. The van der Waals surface area contributed by atoms with Crippen LogP contribution in [0.4, 0.5) is 10.5 Å². The number of amides is 2. The maximum Gasteiger partial charge on any atom is 0.335 e. The first-order valence-electron chi connectivity index (χ1n) is 5.21. The maximum absolute atomic E-state index is 11.3. The summed E-state index contributed by atoms with van der Waals surface area (Å²) in [6.45, 7) is 6.45. The average Bonchev–Trinajstić information content (AvgIpc) is 2.26. The fourth-order valence-corrected chi connectivity index (χ4v) is 1.40. The first-order valence-corrected chi connectivity index (χ1v) is 5.21. The van der Waals surface area contributed by atoms with Crippen LogP contribution in [-0.2, 0) is 5.41 Å². The third kappa shape index (κ3) is 2.73. The largest absolute Gasteiger partial charge is 0.335 e. The summed E-state index contributed by atoms with van der Waals surface area (Å²) >= 11 is 0. The van der Waals surface area contributed by atoms with Gasteiger partial charge in [-0.25, -0.2) is 10.6 Å². The number of benzene rings is 1. The zero-order valence-electron chi connectivity index (χ0n) is 10.2. The van der Waals surface area contributed by atoms with Gasteiger partial charge in [0, 0.05) is 12.7 Å². The number of rotatable bonds is 1. The standard InChI is InChI=1S/C12H19N3O/c1-12(2,3)9-5-7-10(8-6-9)15(4)11(16)14-13/h5-8H,13H2,1-4H3,(H,14,16). The van der Waals surface area contributed by atoms with Crippen LogP contribution >= 0.6 is 0 Å². The molecule has 0 aliphatic carbocycles. The first-order chi connectivity index (χ1) is 7.36. The molecule has 0 unspecified atom stereocenters. The molecule has 2 amide bonds. The van der Waals surface area contributed by atoms with Crippen molar-refractivity contribution in [3.05, 3.63) is 29.8 Å². The molecule has 0 aromatic heterocycles. The van der Waals surface area contributed by atoms with Gasteiger partial charge in [0.2, 0.25) is 0 Å². The van der Waals surface area contributed by atoms with Crippen LogP contribution in [0.25, 0.3) is 0 Å². The van der Waals surface area contributed by atoms with Crippen molar-refractivity contribution in [3.8, 4) is 0 Å². The quantitative estimate of drug-likeness (QED) is 0.433. The number of carbonyl (C=O) groups is 1. The van der Waals surface area contributed by atoms with Crippen molar-refractivity contribution in [3.63, 3.8) is 0 Å². The Bertz CT molecular complexity index is 365. The molecule has 16 heavy (non-hydrogen) atoms. The third-order valence-electron chi connectivity index (χ3n) is 2.55. The minimum atomic E-state index is -0.330. The Kier molecular flexibility index (Phi) is 3.55. The molecule has 0 heterocycles. The number of nitrogens with two attached hydrogens (primary N) is 1. The molecular weight excluding hydrogens is 202 g/mol. The SMILES string of the molecule is CN(C(=O)NN)c1ccc(C(C)(C)C)cc1. The second kappa shape index (κ2) is 4.53. The lowest BCUT2D eigenvalue weighted by Crippen LogP contribution is -2.41. The van der Waals surface area contributed by atoms with E-state index in [1.807, 2.05) is 24.3 Å². The number of hydrogen-bond donors (Lipinski definition) is 2. The molecule has 0 spiro atoms. The molecule has 0 atom stereocenters. The molecule has 1 aromatic carbocycles. The van der Waals surface area contributed by atoms with Crippen molar-refractivity contribution in [2.75, 3.05) is 11.9 Å². The van der Waals surface area contributed by atoms with Gasteiger partial charge in [0.25, 0.3) is 0 Å². The zero-order valence-corrected chi connectivity index (χ0v) is 10.2. The molecule has 0 fully saturated rings. The average molecular weight is 221 g/mol. The molecule has 0 aliphatic rings. The second-order valence-electron chi connectivity index (χ2n) is 4.81. The summed E-state index contributed by atoms with van der Waals surface area (Å²) < 4.78 is 0. The van der Waals surface area contributed by atoms with E-state index in [9.17, 15) is 4.79 Å². The van der Waals surface area contributed by atoms with Crippen LogP contribution < -0.4 is 16.2 Å². The smallest absolute Gasteiger partial charge is 0.296 e. The van der Waals surface area contributed by atoms with Gasteiger partial charge in [-0.05, 0) is 23.1 Å². The molecule has 0 bridgehead atoms. The summed E-state index contributed by atoms with van der Waals surface area (Å²) in [5.74, 6) is 5.07. The molecule has 3 N–H and O–H groups in total. The number of anilines is 1. The van der Waals surface area contributed by atoms with Crippen LogP contribution in [0.5, 0.6) is 0 Å². The highest BCUT2D eigenvalue weighted by Gasteiger charge is 2.14. The van der Waals surface area contributed by atoms with E-state index in [0.29, 0.717) is 0 Å². The number of carbonyl (C=O) groups excluding carboxylic acids is 1. The second-order valence-corrected chi connectivity index (χ2v) is 4.81. The van der Waals surface area contributed by atoms with Crippen LogP contribution in [0.2, 0.25) is 0 Å². The van der Waals surface area contributed by atoms with Crippen LogP contribution in [0.15, 0.2) is 24.3 Å². The lowest BCUT2D eigenvalue weighted by molar-refractivity contribution is 0.247. The Labute approximate surface area is 96.4 Å². The van der Waals surface area contributed by atoms with E-state index in [-0.39, 0.29) is 11.4 Å². The van der Waals surface area contributed by atoms with Crippen molar-refractivity contribution in [2.24, 2.45) is 5.84 Å². The van der Waals surface area contributed by atoms with Gasteiger partial charge in [0.15, 0.2) is 0 Å². The fourth-order valence-electron chi connectivity index (χ4n) is 1.40. The van der Waals surface area contributed by atoms with Gasteiger partial charge in [0.1, 0.15) is 0 Å². The molecule has 0 radical (unpaired) electrons. The van der Waals surface area contributed by atoms with E-state index in [1.165, 1.54) is 10.5 Å². The summed E-state index contributed by atoms with van der Waals surface area (Å²) in [5, 5.41) is 0. The molecule has 1 rings (SSSR count). The van der Waals surface area contributed by atoms with Gasteiger partial charge in [-0.1, -0.05) is 32.9 Å². The van der Waals surface area contributed by atoms with Crippen LogP contribution in [0.3, 0.4) is 0 Å². The van der Waals surface area contributed by atoms with Gasteiger partial charge in [-0.15, -0.1) is 0 Å². The molecule has 0 aliphatic heterocycles. The number of nitrogens with zero attached hydrogens (tertiary/aromatic N) is 1. The summed E-state index contributed by atoms with van der Waals surface area (Å²) in [7, 11) is 1.67. The van der Waals surface area contributed by atoms with E-state index in [1.54, 1.807) is 7.05 Å². The summed E-state index contributed by atoms with van der Waals surface area (Å²) in [4.78, 5) is 12.7. The normalized spacial score (nSPS) is 11.1. The predicted octanol–water partition coefficient (Wildman–Crippen LogP) is 2.00. The molecular formula is C12H19N3O. The highest BCUT2D eigenvalue weighted by Crippen LogP contribution is 2.24. The lowest BCUT2D eigenvalue weighted by atomic mass is 9.87. The van der Waals surface area contributed by atoms with E-state index in [2.05, 4.69) is 26.2 Å². The van der Waals surface area contributed by atoms with Crippen molar-refractivity contribution in [1.29, 1.82) is 0 Å². The van der Waals surface area contributed by atoms with Crippen molar-refractivity contribution < 1.29 is 4.79 Å². The molecule has 4 nitrogen and oxygen atoms in total. The Morgan fingerprint density at radius 1 is 1.25 bits per heavy atom. The fraction of sp³-hybridized carbons (Fsp3) is 0.417. The number of urea groups is 1. The number of nitrogens with one attached hydrogen (secondary N) is 1. The van der Waals surface area contributed by atoms with Crippen LogP contribution in [0.1, 0.15) is 26.3 Å². The molecule has 0 saturated carbocycles. The molecule has 0 saturated heterocycles. The predicted molar refractivity (Wildman–Crippen MR) is 66.3 cm³/mol. The zero-order chi connectivity index (χ0) is 12.3. The Morgan fingerprint density at radius 2 is 1.75 bits per heavy atom. The maximum atomic E-state index is 11.3.